The molecule has 1 N–H and O–H groups in total. The van der Waals surface area contributed by atoms with Crippen LogP contribution in [0, 0.1) is 0 Å². The van der Waals surface area contributed by atoms with E-state index >= 15 is 0 Å². The molecule has 1 aromatic heterocycles. The number of nitrogens with zero attached hydrogens (tertiary/aromatic N) is 1. The van der Waals surface area contributed by atoms with E-state index in [0.717, 1.165) is 9.99 Å². The summed E-state index contributed by atoms with van der Waals surface area (Å²) >= 11 is 5.33. The van der Waals surface area contributed by atoms with Crippen molar-refractivity contribution in [2.75, 3.05) is 0 Å². The summed E-state index contributed by atoms with van der Waals surface area (Å²) in [4.78, 5) is 14.3. The Morgan fingerprint density at radius 1 is 1.75 bits per heavy atom. The SMILES string of the molecule is O=C(O)c1ncc(CI)cc1Br. The van der Waals surface area contributed by atoms with E-state index in [1.807, 2.05) is 0 Å². The highest BCUT2D eigenvalue weighted by Gasteiger charge is 2.09. The molecule has 3 nitrogen and oxygen atoms in total. The normalized spacial score (nSPS) is 9.83. The molecule has 1 aromatic rings. The quantitative estimate of drug-likeness (QED) is 0.664. The number of hydrogen-bond donors (Lipinski definition) is 1. The molecular weight excluding hydrogens is 337 g/mol. The number of carboxylic acids is 1. The summed E-state index contributed by atoms with van der Waals surface area (Å²) < 4.78 is 1.35. The number of halogens is 2. The second-order valence-corrected chi connectivity index (χ2v) is 3.73. The Hall–Kier alpha value is -0.170. The van der Waals surface area contributed by atoms with E-state index in [1.165, 1.54) is 0 Å². The second-order valence-electron chi connectivity index (χ2n) is 2.11. The molecule has 0 bridgehead atoms. The number of pyridine rings is 1. The van der Waals surface area contributed by atoms with Gasteiger partial charge in [-0.25, -0.2) is 9.78 Å². The minimum absolute atomic E-state index is 0.0589. The van der Waals surface area contributed by atoms with Crippen molar-refractivity contribution < 1.29 is 9.90 Å². The Bertz CT molecular complexity index is 316. The van der Waals surface area contributed by atoms with Crippen molar-refractivity contribution in [1.29, 1.82) is 0 Å². The third-order valence-electron chi connectivity index (χ3n) is 1.25. The zero-order chi connectivity index (χ0) is 9.14. The fraction of sp³-hybridized carbons (Fsp3) is 0.143. The molecule has 0 aliphatic heterocycles. The number of carbonyl (C=O) groups is 1. The monoisotopic (exact) mass is 341 g/mol. The van der Waals surface area contributed by atoms with Gasteiger partial charge in [-0.05, 0) is 27.6 Å². The van der Waals surface area contributed by atoms with Gasteiger partial charge in [0.15, 0.2) is 5.69 Å². The van der Waals surface area contributed by atoms with Crippen molar-refractivity contribution in [3.63, 3.8) is 0 Å². The predicted octanol–water partition coefficient (Wildman–Crippen LogP) is 2.48. The van der Waals surface area contributed by atoms with E-state index in [2.05, 4.69) is 43.5 Å². The van der Waals surface area contributed by atoms with Gasteiger partial charge in [-0.2, -0.15) is 0 Å². The Kier molecular flexibility index (Phi) is 3.45. The van der Waals surface area contributed by atoms with E-state index in [0.29, 0.717) is 4.47 Å². The van der Waals surface area contributed by atoms with Crippen LogP contribution in [0.3, 0.4) is 0 Å². The van der Waals surface area contributed by atoms with Crippen LogP contribution in [0.2, 0.25) is 0 Å². The van der Waals surface area contributed by atoms with Gasteiger partial charge in [-0.1, -0.05) is 22.6 Å². The molecule has 0 atom stereocenters. The van der Waals surface area contributed by atoms with Crippen molar-refractivity contribution in [3.8, 4) is 0 Å². The van der Waals surface area contributed by atoms with Crippen molar-refractivity contribution in [1.82, 2.24) is 4.98 Å². The van der Waals surface area contributed by atoms with Gasteiger partial charge in [0.2, 0.25) is 0 Å². The fourth-order valence-electron chi connectivity index (χ4n) is 0.708. The van der Waals surface area contributed by atoms with E-state index in [4.69, 9.17) is 5.11 Å². The first-order chi connectivity index (χ1) is 5.65. The lowest BCUT2D eigenvalue weighted by Crippen LogP contribution is -2.01. The van der Waals surface area contributed by atoms with Gasteiger partial charge in [0, 0.05) is 10.6 Å². The molecule has 0 saturated carbocycles. The maximum atomic E-state index is 10.5. The number of alkyl halides is 1. The van der Waals surface area contributed by atoms with E-state index < -0.39 is 5.97 Å². The largest absolute Gasteiger partial charge is 0.476 e. The highest BCUT2D eigenvalue weighted by atomic mass is 127. The third kappa shape index (κ3) is 2.16. The van der Waals surface area contributed by atoms with Crippen LogP contribution in [0.25, 0.3) is 0 Å². The lowest BCUT2D eigenvalue weighted by molar-refractivity contribution is 0.0689. The maximum absolute atomic E-state index is 10.5. The fourth-order valence-corrected chi connectivity index (χ4v) is 1.69. The summed E-state index contributed by atoms with van der Waals surface area (Å²) in [5, 5.41) is 8.63. The minimum atomic E-state index is -1.01. The molecular formula is C7H5BrINO2. The lowest BCUT2D eigenvalue weighted by Gasteiger charge is -1.99. The van der Waals surface area contributed by atoms with Crippen LogP contribution in [0.4, 0.5) is 0 Å². The molecule has 0 aliphatic rings. The summed E-state index contributed by atoms with van der Waals surface area (Å²) in [5.41, 5.74) is 1.07. The van der Waals surface area contributed by atoms with E-state index in [9.17, 15) is 4.79 Å². The zero-order valence-corrected chi connectivity index (χ0v) is 9.66. The topological polar surface area (TPSA) is 50.2 Å². The van der Waals surface area contributed by atoms with Gasteiger partial charge in [0.25, 0.3) is 0 Å². The number of aromatic carboxylic acids is 1. The van der Waals surface area contributed by atoms with Crippen LogP contribution < -0.4 is 0 Å². The Morgan fingerprint density at radius 2 is 2.42 bits per heavy atom. The Morgan fingerprint density at radius 3 is 2.83 bits per heavy atom. The summed E-state index contributed by atoms with van der Waals surface area (Å²) in [7, 11) is 0. The third-order valence-corrected chi connectivity index (χ3v) is 2.74. The van der Waals surface area contributed by atoms with Crippen LogP contribution in [-0.4, -0.2) is 16.1 Å². The molecule has 12 heavy (non-hydrogen) atoms. The first-order valence-corrected chi connectivity index (χ1v) is 5.40. The Labute approximate surface area is 91.5 Å². The van der Waals surface area contributed by atoms with Crippen molar-refractivity contribution in [2.45, 2.75) is 4.43 Å². The van der Waals surface area contributed by atoms with Gasteiger partial charge < -0.3 is 5.11 Å². The molecule has 0 aliphatic carbocycles. The molecule has 64 valence electrons. The van der Waals surface area contributed by atoms with Crippen molar-refractivity contribution in [3.05, 3.63) is 28.0 Å². The van der Waals surface area contributed by atoms with Crippen LogP contribution in [-0.2, 0) is 4.43 Å². The first kappa shape index (κ1) is 9.91. The lowest BCUT2D eigenvalue weighted by atomic mass is 10.3. The average molecular weight is 342 g/mol. The van der Waals surface area contributed by atoms with E-state index in [1.54, 1.807) is 12.3 Å². The first-order valence-electron chi connectivity index (χ1n) is 3.09. The van der Waals surface area contributed by atoms with Gasteiger partial charge in [0.1, 0.15) is 0 Å². The molecule has 5 heteroatoms. The molecule has 0 spiro atoms. The molecule has 0 aromatic carbocycles. The van der Waals surface area contributed by atoms with Crippen molar-refractivity contribution in [2.24, 2.45) is 0 Å². The van der Waals surface area contributed by atoms with Crippen LogP contribution >= 0.6 is 38.5 Å². The molecule has 0 radical (unpaired) electrons. The highest BCUT2D eigenvalue weighted by molar-refractivity contribution is 14.1. The predicted molar refractivity (Wildman–Crippen MR) is 56.6 cm³/mol. The highest BCUT2D eigenvalue weighted by Crippen LogP contribution is 2.17. The van der Waals surface area contributed by atoms with Crippen LogP contribution in [0.15, 0.2) is 16.7 Å². The molecule has 1 rings (SSSR count). The molecule has 0 unspecified atom stereocenters. The van der Waals surface area contributed by atoms with Gasteiger partial charge in [-0.3, -0.25) is 0 Å². The summed E-state index contributed by atoms with van der Waals surface area (Å²) in [6.07, 6.45) is 1.57. The number of hydrogen-bond acceptors (Lipinski definition) is 2. The Balaban J connectivity index is 3.12. The minimum Gasteiger partial charge on any atom is -0.476 e. The smallest absolute Gasteiger partial charge is 0.355 e. The summed E-state index contributed by atoms with van der Waals surface area (Å²) in [5.74, 6) is -1.01. The van der Waals surface area contributed by atoms with Gasteiger partial charge >= 0.3 is 5.97 Å². The van der Waals surface area contributed by atoms with Crippen LogP contribution in [0.1, 0.15) is 16.1 Å². The zero-order valence-electron chi connectivity index (χ0n) is 5.92. The van der Waals surface area contributed by atoms with Crippen LogP contribution in [0.5, 0.6) is 0 Å². The average Bonchev–Trinajstić information content (AvgIpc) is 2.03. The number of rotatable bonds is 2. The van der Waals surface area contributed by atoms with Gasteiger partial charge in [-0.15, -0.1) is 0 Å². The number of carboxylic acid groups (broad SMARTS) is 1. The van der Waals surface area contributed by atoms with E-state index in [-0.39, 0.29) is 5.69 Å². The second kappa shape index (κ2) is 4.18. The summed E-state index contributed by atoms with van der Waals surface area (Å²) in [6.45, 7) is 0. The molecule has 0 amide bonds. The molecule has 1 heterocycles. The molecule has 0 fully saturated rings. The number of aromatic nitrogens is 1. The van der Waals surface area contributed by atoms with Crippen molar-refractivity contribution >= 4 is 44.5 Å². The van der Waals surface area contributed by atoms with Gasteiger partial charge in [0.05, 0.1) is 4.47 Å². The molecule has 0 saturated heterocycles. The maximum Gasteiger partial charge on any atom is 0.355 e. The standard InChI is InChI=1S/C7H5BrINO2/c8-5-1-4(2-9)3-10-6(5)7(11)12/h1,3H,2H2,(H,11,12). The summed E-state index contributed by atoms with van der Waals surface area (Å²) in [6, 6.07) is 1.77.